The van der Waals surface area contributed by atoms with Crippen molar-refractivity contribution in [1.29, 1.82) is 0 Å². The maximum absolute atomic E-state index is 13.7. The fourth-order valence-electron chi connectivity index (χ4n) is 3.62. The molecule has 0 heterocycles. The van der Waals surface area contributed by atoms with Crippen LogP contribution >= 0.6 is 0 Å². The molecule has 0 fully saturated rings. The van der Waals surface area contributed by atoms with Crippen molar-refractivity contribution in [3.05, 3.63) is 35.4 Å². The molecule has 7 nitrogen and oxygen atoms in total. The minimum Gasteiger partial charge on any atom is -0.444 e. The van der Waals surface area contributed by atoms with Gasteiger partial charge in [0.25, 0.3) is 0 Å². The molecule has 2 N–H and O–H groups in total. The summed E-state index contributed by atoms with van der Waals surface area (Å²) in [5, 5.41) is 5.68. The molecule has 0 bridgehead atoms. The van der Waals surface area contributed by atoms with Crippen LogP contribution in [0.15, 0.2) is 24.3 Å². The molecule has 0 saturated heterocycles. The van der Waals surface area contributed by atoms with E-state index in [1.165, 1.54) is 0 Å². The van der Waals surface area contributed by atoms with Crippen molar-refractivity contribution in [2.45, 2.75) is 111 Å². The zero-order valence-corrected chi connectivity index (χ0v) is 22.6. The van der Waals surface area contributed by atoms with Crippen LogP contribution in [0.5, 0.6) is 0 Å². The van der Waals surface area contributed by atoms with Crippen LogP contribution in [-0.4, -0.2) is 46.5 Å². The van der Waals surface area contributed by atoms with Crippen molar-refractivity contribution in [2.75, 3.05) is 6.54 Å². The normalized spacial score (nSPS) is 13.6. The maximum Gasteiger partial charge on any atom is 0.408 e. The molecular formula is C27H45N3O4. The first-order valence-corrected chi connectivity index (χ1v) is 12.3. The Hall–Kier alpha value is -2.57. The van der Waals surface area contributed by atoms with E-state index in [9.17, 15) is 14.4 Å². The Balaban J connectivity index is 3.32. The first-order chi connectivity index (χ1) is 15.6. The summed E-state index contributed by atoms with van der Waals surface area (Å²) < 4.78 is 5.33. The number of alkyl carbamates (subject to hydrolysis) is 1. The third kappa shape index (κ3) is 10.6. The lowest BCUT2D eigenvalue weighted by molar-refractivity contribution is -0.142. The summed E-state index contributed by atoms with van der Waals surface area (Å²) in [6.45, 7) is 17.2. The van der Waals surface area contributed by atoms with E-state index in [4.69, 9.17) is 4.74 Å². The molecule has 0 aromatic heterocycles. The Bertz CT molecular complexity index is 824. The summed E-state index contributed by atoms with van der Waals surface area (Å²) in [5.74, 6) is -0.565. The maximum atomic E-state index is 13.7. The van der Waals surface area contributed by atoms with Crippen molar-refractivity contribution < 1.29 is 19.1 Å². The molecule has 0 radical (unpaired) electrons. The number of rotatable bonds is 10. The third-order valence-corrected chi connectivity index (χ3v) is 5.06. The molecular weight excluding hydrogens is 430 g/mol. The molecule has 1 aromatic rings. The second kappa shape index (κ2) is 12.8. The van der Waals surface area contributed by atoms with Gasteiger partial charge in [0.15, 0.2) is 0 Å². The van der Waals surface area contributed by atoms with E-state index in [0.717, 1.165) is 36.8 Å². The summed E-state index contributed by atoms with van der Waals surface area (Å²) in [4.78, 5) is 41.1. The Kier molecular flexibility index (Phi) is 11.1. The summed E-state index contributed by atoms with van der Waals surface area (Å²) in [6.07, 6.45) is 3.18. The van der Waals surface area contributed by atoms with E-state index >= 15 is 0 Å². The Labute approximate surface area is 206 Å². The van der Waals surface area contributed by atoms with Gasteiger partial charge in [-0.1, -0.05) is 56.0 Å². The molecule has 2 unspecified atom stereocenters. The van der Waals surface area contributed by atoms with E-state index in [0.29, 0.717) is 6.54 Å². The SMILES string of the molecule is CCCCCCN(C(=O)C(C)NC(=O)OC(C)(C)C)C(C(=O)NC(C)(C)C)c1cccc(C)c1. The lowest BCUT2D eigenvalue weighted by Gasteiger charge is -2.35. The second-order valence-electron chi connectivity index (χ2n) is 11.0. The zero-order valence-electron chi connectivity index (χ0n) is 22.6. The van der Waals surface area contributed by atoms with Gasteiger partial charge in [0.05, 0.1) is 0 Å². The predicted molar refractivity (Wildman–Crippen MR) is 137 cm³/mol. The van der Waals surface area contributed by atoms with E-state index in [-0.39, 0.29) is 11.8 Å². The monoisotopic (exact) mass is 475 g/mol. The number of carbonyl (C=O) groups excluding carboxylic acids is 3. The quantitative estimate of drug-likeness (QED) is 0.451. The Morgan fingerprint density at radius 3 is 2.21 bits per heavy atom. The fourth-order valence-corrected chi connectivity index (χ4v) is 3.62. The number of aryl methyl sites for hydroxylation is 1. The standard InChI is InChI=1S/C27H45N3O4/c1-10-11-12-13-17-30(24(32)20(3)28-25(33)34-27(7,8)9)22(23(31)29-26(4,5)6)21-16-14-15-19(2)18-21/h14-16,18,20,22H,10-13,17H2,1-9H3,(H,28,33)(H,29,31). The number of nitrogens with one attached hydrogen (secondary N) is 2. The van der Waals surface area contributed by atoms with Gasteiger partial charge in [0.1, 0.15) is 17.7 Å². The largest absolute Gasteiger partial charge is 0.444 e. The van der Waals surface area contributed by atoms with Crippen molar-refractivity contribution in [3.63, 3.8) is 0 Å². The van der Waals surface area contributed by atoms with Crippen molar-refractivity contribution >= 4 is 17.9 Å². The van der Waals surface area contributed by atoms with Crippen LogP contribution in [0.25, 0.3) is 0 Å². The summed E-state index contributed by atoms with van der Waals surface area (Å²) in [7, 11) is 0. The number of carbonyl (C=O) groups is 3. The molecule has 0 aliphatic rings. The number of hydrogen-bond acceptors (Lipinski definition) is 4. The Morgan fingerprint density at radius 1 is 1.03 bits per heavy atom. The van der Waals surface area contributed by atoms with Crippen LogP contribution in [0.2, 0.25) is 0 Å². The van der Waals surface area contributed by atoms with Gasteiger partial charge in [-0.15, -0.1) is 0 Å². The number of benzene rings is 1. The van der Waals surface area contributed by atoms with Gasteiger partial charge < -0.3 is 20.3 Å². The molecule has 192 valence electrons. The van der Waals surface area contributed by atoms with Crippen LogP contribution in [0.4, 0.5) is 4.79 Å². The molecule has 0 aliphatic heterocycles. The number of hydrogen-bond donors (Lipinski definition) is 2. The van der Waals surface area contributed by atoms with Gasteiger partial charge >= 0.3 is 6.09 Å². The minimum absolute atomic E-state index is 0.244. The second-order valence-corrected chi connectivity index (χ2v) is 11.0. The molecule has 1 rings (SSSR count). The van der Waals surface area contributed by atoms with E-state index < -0.39 is 29.3 Å². The van der Waals surface area contributed by atoms with Crippen LogP contribution < -0.4 is 10.6 Å². The smallest absolute Gasteiger partial charge is 0.408 e. The van der Waals surface area contributed by atoms with E-state index in [1.807, 2.05) is 52.0 Å². The van der Waals surface area contributed by atoms with Gasteiger partial charge in [-0.3, -0.25) is 9.59 Å². The highest BCUT2D eigenvalue weighted by Gasteiger charge is 2.35. The van der Waals surface area contributed by atoms with Gasteiger partial charge in [-0.2, -0.15) is 0 Å². The van der Waals surface area contributed by atoms with E-state index in [2.05, 4.69) is 17.6 Å². The Morgan fingerprint density at radius 2 is 1.68 bits per heavy atom. The van der Waals surface area contributed by atoms with E-state index in [1.54, 1.807) is 32.6 Å². The van der Waals surface area contributed by atoms with Gasteiger partial charge in [-0.25, -0.2) is 4.79 Å². The number of nitrogens with zero attached hydrogens (tertiary/aromatic N) is 1. The highest BCUT2D eigenvalue weighted by Crippen LogP contribution is 2.25. The first kappa shape index (κ1) is 29.5. The summed E-state index contributed by atoms with van der Waals surface area (Å²) in [5.41, 5.74) is 0.610. The summed E-state index contributed by atoms with van der Waals surface area (Å²) >= 11 is 0. The third-order valence-electron chi connectivity index (χ3n) is 5.06. The average Bonchev–Trinajstić information content (AvgIpc) is 2.66. The fraction of sp³-hybridized carbons (Fsp3) is 0.667. The molecule has 0 aliphatic carbocycles. The number of ether oxygens (including phenoxy) is 1. The molecule has 7 heteroatoms. The predicted octanol–water partition coefficient (Wildman–Crippen LogP) is 5.27. The molecule has 3 amide bonds. The van der Waals surface area contributed by atoms with Crippen molar-refractivity contribution in [2.24, 2.45) is 0 Å². The van der Waals surface area contributed by atoms with Crippen LogP contribution in [-0.2, 0) is 14.3 Å². The van der Waals surface area contributed by atoms with Crippen LogP contribution in [0.1, 0.15) is 98.2 Å². The average molecular weight is 476 g/mol. The zero-order chi connectivity index (χ0) is 26.1. The van der Waals surface area contributed by atoms with Crippen LogP contribution in [0.3, 0.4) is 0 Å². The highest BCUT2D eigenvalue weighted by atomic mass is 16.6. The summed E-state index contributed by atoms with van der Waals surface area (Å²) in [6, 6.07) is 6.00. The van der Waals surface area contributed by atoms with Crippen LogP contribution in [0, 0.1) is 6.92 Å². The molecule has 34 heavy (non-hydrogen) atoms. The highest BCUT2D eigenvalue weighted by molar-refractivity contribution is 5.92. The van der Waals surface area contributed by atoms with Gasteiger partial charge in [0.2, 0.25) is 11.8 Å². The van der Waals surface area contributed by atoms with Crippen molar-refractivity contribution in [3.8, 4) is 0 Å². The topological polar surface area (TPSA) is 87.7 Å². The lowest BCUT2D eigenvalue weighted by Crippen LogP contribution is -2.54. The van der Waals surface area contributed by atoms with Gasteiger partial charge in [-0.05, 0) is 67.4 Å². The molecule has 1 aromatic carbocycles. The van der Waals surface area contributed by atoms with Gasteiger partial charge in [0, 0.05) is 12.1 Å². The lowest BCUT2D eigenvalue weighted by atomic mass is 9.99. The number of unbranched alkanes of at least 4 members (excludes halogenated alkanes) is 3. The first-order valence-electron chi connectivity index (χ1n) is 12.3. The minimum atomic E-state index is -0.851. The molecule has 2 atom stereocenters. The molecule has 0 spiro atoms. The number of amides is 3. The van der Waals surface area contributed by atoms with Crippen molar-refractivity contribution in [1.82, 2.24) is 15.5 Å². The molecule has 0 saturated carbocycles.